The Labute approximate surface area is 122 Å². The van der Waals surface area contributed by atoms with Crippen molar-refractivity contribution in [1.29, 1.82) is 0 Å². The molecule has 2 unspecified atom stereocenters. The molecule has 21 heavy (non-hydrogen) atoms. The highest BCUT2D eigenvalue weighted by molar-refractivity contribution is 5.80. The Morgan fingerprint density at radius 1 is 1.43 bits per heavy atom. The van der Waals surface area contributed by atoms with Gasteiger partial charge in [0, 0.05) is 25.5 Å². The number of aliphatic carboxylic acids is 1. The summed E-state index contributed by atoms with van der Waals surface area (Å²) >= 11 is 0. The first-order valence-electron chi connectivity index (χ1n) is 6.81. The maximum absolute atomic E-state index is 12.1. The molecule has 1 aliphatic rings. The van der Waals surface area contributed by atoms with Gasteiger partial charge in [0.05, 0.1) is 19.6 Å². The number of ether oxygens (including phenoxy) is 1. The van der Waals surface area contributed by atoms with Gasteiger partial charge in [0.2, 0.25) is 5.91 Å². The van der Waals surface area contributed by atoms with E-state index in [2.05, 4.69) is 0 Å². The SMILES string of the molecule is COc1ccc(C(CC(=O)O)N2CC(CO)CC2=O)cc1. The maximum atomic E-state index is 12.1. The zero-order chi connectivity index (χ0) is 15.4. The van der Waals surface area contributed by atoms with Gasteiger partial charge in [0.15, 0.2) is 0 Å². The van der Waals surface area contributed by atoms with Crippen LogP contribution in [0.5, 0.6) is 5.75 Å². The molecule has 1 heterocycles. The lowest BCUT2D eigenvalue weighted by Gasteiger charge is -2.27. The number of aliphatic hydroxyl groups excluding tert-OH is 1. The third-order valence-electron chi connectivity index (χ3n) is 3.74. The Bertz CT molecular complexity index is 513. The summed E-state index contributed by atoms with van der Waals surface area (Å²) in [7, 11) is 1.56. The van der Waals surface area contributed by atoms with Crippen molar-refractivity contribution >= 4 is 11.9 Å². The largest absolute Gasteiger partial charge is 0.497 e. The van der Waals surface area contributed by atoms with E-state index in [1.807, 2.05) is 0 Å². The monoisotopic (exact) mass is 293 g/mol. The third-order valence-corrected chi connectivity index (χ3v) is 3.74. The van der Waals surface area contributed by atoms with E-state index in [1.165, 1.54) is 0 Å². The molecule has 1 amide bonds. The van der Waals surface area contributed by atoms with E-state index in [9.17, 15) is 14.7 Å². The average molecular weight is 293 g/mol. The van der Waals surface area contributed by atoms with Crippen molar-refractivity contribution < 1.29 is 24.5 Å². The summed E-state index contributed by atoms with van der Waals surface area (Å²) in [5.74, 6) is -0.520. The number of hydrogen-bond donors (Lipinski definition) is 2. The molecular weight excluding hydrogens is 274 g/mol. The van der Waals surface area contributed by atoms with Gasteiger partial charge in [0.1, 0.15) is 5.75 Å². The molecule has 6 nitrogen and oxygen atoms in total. The first kappa shape index (κ1) is 15.3. The second kappa shape index (κ2) is 6.58. The Morgan fingerprint density at radius 2 is 2.10 bits per heavy atom. The van der Waals surface area contributed by atoms with Crippen LogP contribution in [0, 0.1) is 5.92 Å². The molecule has 0 spiro atoms. The molecule has 2 N–H and O–H groups in total. The summed E-state index contributed by atoms with van der Waals surface area (Å²) in [5, 5.41) is 18.3. The van der Waals surface area contributed by atoms with Crippen molar-refractivity contribution in [2.45, 2.75) is 18.9 Å². The highest BCUT2D eigenvalue weighted by atomic mass is 16.5. The fraction of sp³-hybridized carbons (Fsp3) is 0.467. The molecule has 2 atom stereocenters. The average Bonchev–Trinajstić information content (AvgIpc) is 2.86. The van der Waals surface area contributed by atoms with Gasteiger partial charge in [-0.25, -0.2) is 0 Å². The van der Waals surface area contributed by atoms with Crippen LogP contribution in [0.4, 0.5) is 0 Å². The summed E-state index contributed by atoms with van der Waals surface area (Å²) in [6.07, 6.45) is 0.110. The normalized spacial score (nSPS) is 19.6. The number of carbonyl (C=O) groups excluding carboxylic acids is 1. The molecule has 1 aliphatic heterocycles. The minimum absolute atomic E-state index is 0.0648. The number of hydrogen-bond acceptors (Lipinski definition) is 4. The molecular formula is C15H19NO5. The van der Waals surface area contributed by atoms with Crippen LogP contribution in [0.2, 0.25) is 0 Å². The summed E-state index contributed by atoms with van der Waals surface area (Å²) in [5.41, 5.74) is 0.755. The fourth-order valence-corrected chi connectivity index (χ4v) is 2.63. The van der Waals surface area contributed by atoms with Gasteiger partial charge in [-0.15, -0.1) is 0 Å². The van der Waals surface area contributed by atoms with Gasteiger partial charge in [-0.1, -0.05) is 12.1 Å². The molecule has 1 saturated heterocycles. The second-order valence-electron chi connectivity index (χ2n) is 5.19. The highest BCUT2D eigenvalue weighted by Gasteiger charge is 2.35. The van der Waals surface area contributed by atoms with E-state index in [4.69, 9.17) is 9.84 Å². The smallest absolute Gasteiger partial charge is 0.305 e. The summed E-state index contributed by atoms with van der Waals surface area (Å²) < 4.78 is 5.08. The van der Waals surface area contributed by atoms with E-state index in [1.54, 1.807) is 36.3 Å². The molecule has 0 saturated carbocycles. The van der Waals surface area contributed by atoms with E-state index >= 15 is 0 Å². The van der Waals surface area contributed by atoms with Crippen LogP contribution in [0.1, 0.15) is 24.4 Å². The van der Waals surface area contributed by atoms with Crippen molar-refractivity contribution in [3.05, 3.63) is 29.8 Å². The summed E-state index contributed by atoms with van der Waals surface area (Å²) in [6.45, 7) is 0.323. The molecule has 2 rings (SSSR count). The Balaban J connectivity index is 2.25. The van der Waals surface area contributed by atoms with Crippen LogP contribution in [0.15, 0.2) is 24.3 Å². The van der Waals surface area contributed by atoms with E-state index in [-0.39, 0.29) is 31.3 Å². The van der Waals surface area contributed by atoms with E-state index < -0.39 is 12.0 Å². The van der Waals surface area contributed by atoms with Gasteiger partial charge in [-0.05, 0) is 17.7 Å². The van der Waals surface area contributed by atoms with Crippen LogP contribution in [0.25, 0.3) is 0 Å². The van der Waals surface area contributed by atoms with Crippen LogP contribution in [-0.4, -0.2) is 47.3 Å². The van der Waals surface area contributed by atoms with Gasteiger partial charge in [0.25, 0.3) is 0 Å². The zero-order valence-corrected chi connectivity index (χ0v) is 11.9. The minimum Gasteiger partial charge on any atom is -0.497 e. The Kier molecular flexibility index (Phi) is 4.80. The van der Waals surface area contributed by atoms with Crippen LogP contribution in [-0.2, 0) is 9.59 Å². The zero-order valence-electron chi connectivity index (χ0n) is 11.9. The predicted molar refractivity (Wildman–Crippen MR) is 74.9 cm³/mol. The van der Waals surface area contributed by atoms with Crippen LogP contribution in [0.3, 0.4) is 0 Å². The number of methoxy groups -OCH3 is 1. The molecule has 1 aromatic rings. The molecule has 1 fully saturated rings. The van der Waals surface area contributed by atoms with E-state index in [0.29, 0.717) is 12.3 Å². The number of carbonyl (C=O) groups is 2. The number of carboxylic acid groups (broad SMARTS) is 1. The molecule has 114 valence electrons. The molecule has 0 aliphatic carbocycles. The fourth-order valence-electron chi connectivity index (χ4n) is 2.63. The molecule has 0 bridgehead atoms. The van der Waals surface area contributed by atoms with Crippen LogP contribution >= 0.6 is 0 Å². The first-order chi connectivity index (χ1) is 10.0. The molecule has 1 aromatic carbocycles. The first-order valence-corrected chi connectivity index (χ1v) is 6.81. The lowest BCUT2D eigenvalue weighted by Crippen LogP contribution is -2.32. The summed E-state index contributed by atoms with van der Waals surface area (Å²) in [6, 6.07) is 6.51. The standard InChI is InChI=1S/C15H19NO5/c1-21-12-4-2-11(3-5-12)13(7-15(19)20)16-8-10(9-17)6-14(16)18/h2-5,10,13,17H,6-9H2,1H3,(H,19,20). The van der Waals surface area contributed by atoms with Crippen molar-refractivity contribution in [2.75, 3.05) is 20.3 Å². The lowest BCUT2D eigenvalue weighted by atomic mass is 10.0. The maximum Gasteiger partial charge on any atom is 0.305 e. The van der Waals surface area contributed by atoms with Gasteiger partial charge >= 0.3 is 5.97 Å². The van der Waals surface area contributed by atoms with Gasteiger partial charge < -0.3 is 19.8 Å². The second-order valence-corrected chi connectivity index (χ2v) is 5.19. The highest BCUT2D eigenvalue weighted by Crippen LogP contribution is 2.31. The third kappa shape index (κ3) is 3.52. The Hall–Kier alpha value is -2.08. The van der Waals surface area contributed by atoms with E-state index in [0.717, 1.165) is 5.56 Å². The molecule has 0 aromatic heterocycles. The predicted octanol–water partition coefficient (Wildman–Crippen LogP) is 1.05. The number of nitrogens with zero attached hydrogens (tertiary/aromatic N) is 1. The number of carboxylic acids is 1. The minimum atomic E-state index is -0.962. The van der Waals surface area contributed by atoms with Crippen LogP contribution < -0.4 is 4.74 Å². The molecule has 6 heteroatoms. The van der Waals surface area contributed by atoms with Crippen molar-refractivity contribution in [3.63, 3.8) is 0 Å². The lowest BCUT2D eigenvalue weighted by molar-refractivity contribution is -0.139. The van der Waals surface area contributed by atoms with Crippen molar-refractivity contribution in [3.8, 4) is 5.75 Å². The number of benzene rings is 1. The quantitative estimate of drug-likeness (QED) is 0.818. The van der Waals surface area contributed by atoms with Crippen molar-refractivity contribution in [2.24, 2.45) is 5.92 Å². The summed E-state index contributed by atoms with van der Waals surface area (Å²) in [4.78, 5) is 24.7. The van der Waals surface area contributed by atoms with Crippen molar-refractivity contribution in [1.82, 2.24) is 4.90 Å². The number of amides is 1. The number of aliphatic hydroxyl groups is 1. The number of rotatable bonds is 6. The number of likely N-dealkylation sites (tertiary alicyclic amines) is 1. The van der Waals surface area contributed by atoms with Gasteiger partial charge in [-0.2, -0.15) is 0 Å². The Morgan fingerprint density at radius 3 is 2.57 bits per heavy atom. The molecule has 0 radical (unpaired) electrons. The van der Waals surface area contributed by atoms with Gasteiger partial charge in [-0.3, -0.25) is 9.59 Å². The topological polar surface area (TPSA) is 87.1 Å².